The van der Waals surface area contributed by atoms with Crippen LogP contribution in [0.15, 0.2) is 27.0 Å². The summed E-state index contributed by atoms with van der Waals surface area (Å²) in [5, 5.41) is 8.49. The minimum Gasteiger partial charge on any atom is -0.476 e. The molecule has 0 fully saturated rings. The van der Waals surface area contributed by atoms with E-state index in [1.807, 2.05) is 13.0 Å². The van der Waals surface area contributed by atoms with Gasteiger partial charge in [0, 0.05) is 0 Å². The second-order valence-corrected chi connectivity index (χ2v) is 4.88. The Morgan fingerprint density at radius 2 is 2.38 bits per heavy atom. The zero-order valence-corrected chi connectivity index (χ0v) is 10.2. The van der Waals surface area contributed by atoms with Crippen molar-refractivity contribution in [2.45, 2.75) is 16.3 Å². The largest absolute Gasteiger partial charge is 0.476 e. The quantitative estimate of drug-likeness (QED) is 0.900. The molecule has 0 aliphatic rings. The third kappa shape index (κ3) is 2.61. The number of ether oxygens (including phenoxy) is 1. The van der Waals surface area contributed by atoms with Crippen LogP contribution in [0.2, 0.25) is 0 Å². The molecule has 5 nitrogen and oxygen atoms in total. The van der Waals surface area contributed by atoms with Crippen LogP contribution in [0.25, 0.3) is 0 Å². The Labute approximate surface area is 101 Å². The number of hydrogen-bond acceptors (Lipinski definition) is 7. The Morgan fingerprint density at radius 1 is 1.50 bits per heavy atom. The van der Waals surface area contributed by atoms with Crippen molar-refractivity contribution in [1.82, 2.24) is 15.2 Å². The molecular formula is C9H10N4OS2. The average Bonchev–Trinajstić information content (AvgIpc) is 2.76. The molecule has 7 heteroatoms. The van der Waals surface area contributed by atoms with Gasteiger partial charge in [0.15, 0.2) is 4.34 Å². The molecule has 0 saturated carbocycles. The Bertz CT molecular complexity index is 461. The van der Waals surface area contributed by atoms with Crippen LogP contribution < -0.4 is 10.5 Å². The van der Waals surface area contributed by atoms with Crippen LogP contribution in [0.3, 0.4) is 0 Å². The van der Waals surface area contributed by atoms with Crippen molar-refractivity contribution < 1.29 is 4.74 Å². The van der Waals surface area contributed by atoms with E-state index in [2.05, 4.69) is 15.2 Å². The van der Waals surface area contributed by atoms with Crippen LogP contribution in [-0.4, -0.2) is 21.8 Å². The monoisotopic (exact) mass is 254 g/mol. The van der Waals surface area contributed by atoms with Gasteiger partial charge >= 0.3 is 0 Å². The number of nitrogens with zero attached hydrogens (tertiary/aromatic N) is 3. The number of nitrogens with two attached hydrogens (primary N) is 1. The standard InChI is InChI=1S/C9H10N4OS2/c1-2-14-8-6(10)3-4-7(12-8)16-9-13-11-5-15-9/h3-5H,2,10H2,1H3. The number of rotatable bonds is 4. The van der Waals surface area contributed by atoms with Crippen LogP contribution in [0.4, 0.5) is 5.69 Å². The highest BCUT2D eigenvalue weighted by atomic mass is 32.2. The van der Waals surface area contributed by atoms with Gasteiger partial charge in [0.25, 0.3) is 0 Å². The van der Waals surface area contributed by atoms with Gasteiger partial charge in [0.1, 0.15) is 10.5 Å². The van der Waals surface area contributed by atoms with Crippen LogP contribution in [0.1, 0.15) is 6.92 Å². The Morgan fingerprint density at radius 3 is 3.06 bits per heavy atom. The Balaban J connectivity index is 2.19. The van der Waals surface area contributed by atoms with Gasteiger partial charge < -0.3 is 10.5 Å². The second-order valence-electron chi connectivity index (χ2n) is 2.78. The zero-order chi connectivity index (χ0) is 11.4. The summed E-state index contributed by atoms with van der Waals surface area (Å²) in [4.78, 5) is 4.29. The lowest BCUT2D eigenvalue weighted by molar-refractivity contribution is 0.326. The Hall–Kier alpha value is -1.34. The minimum absolute atomic E-state index is 0.469. The fraction of sp³-hybridized carbons (Fsp3) is 0.222. The summed E-state index contributed by atoms with van der Waals surface area (Å²) >= 11 is 2.91. The lowest BCUT2D eigenvalue weighted by Crippen LogP contribution is -1.99. The molecular weight excluding hydrogens is 244 g/mol. The summed E-state index contributed by atoms with van der Waals surface area (Å²) < 4.78 is 6.16. The molecule has 2 heterocycles. The van der Waals surface area contributed by atoms with Gasteiger partial charge in [-0.05, 0) is 30.8 Å². The molecule has 0 aromatic carbocycles. The third-order valence-corrected chi connectivity index (χ3v) is 3.39. The number of nitrogen functional groups attached to an aromatic ring is 1. The maximum absolute atomic E-state index is 5.73. The molecule has 2 aromatic heterocycles. The molecule has 2 aromatic rings. The normalized spacial score (nSPS) is 10.3. The lowest BCUT2D eigenvalue weighted by Gasteiger charge is -2.06. The highest BCUT2D eigenvalue weighted by Crippen LogP contribution is 2.30. The second kappa shape index (κ2) is 5.13. The molecule has 0 amide bonds. The predicted octanol–water partition coefficient (Wildman–Crippen LogP) is 2.07. The van der Waals surface area contributed by atoms with Crippen molar-refractivity contribution in [3.05, 3.63) is 17.6 Å². The summed E-state index contributed by atoms with van der Waals surface area (Å²) in [6, 6.07) is 3.62. The molecule has 0 radical (unpaired) electrons. The molecule has 0 spiro atoms. The topological polar surface area (TPSA) is 73.9 Å². The molecule has 0 unspecified atom stereocenters. The summed E-state index contributed by atoms with van der Waals surface area (Å²) in [5.74, 6) is 0.469. The highest BCUT2D eigenvalue weighted by Gasteiger charge is 2.06. The van der Waals surface area contributed by atoms with E-state index in [1.165, 1.54) is 23.1 Å². The van der Waals surface area contributed by atoms with Crippen LogP contribution >= 0.6 is 23.1 Å². The van der Waals surface area contributed by atoms with E-state index >= 15 is 0 Å². The van der Waals surface area contributed by atoms with E-state index in [1.54, 1.807) is 11.6 Å². The van der Waals surface area contributed by atoms with Gasteiger partial charge in [0.05, 0.1) is 12.3 Å². The van der Waals surface area contributed by atoms with Crippen molar-refractivity contribution in [2.24, 2.45) is 0 Å². The highest BCUT2D eigenvalue weighted by molar-refractivity contribution is 8.00. The van der Waals surface area contributed by atoms with E-state index in [0.29, 0.717) is 18.2 Å². The van der Waals surface area contributed by atoms with Gasteiger partial charge in [-0.2, -0.15) is 0 Å². The number of anilines is 1. The van der Waals surface area contributed by atoms with Crippen LogP contribution in [0.5, 0.6) is 5.88 Å². The van der Waals surface area contributed by atoms with E-state index in [9.17, 15) is 0 Å². The van der Waals surface area contributed by atoms with Crippen molar-refractivity contribution in [1.29, 1.82) is 0 Å². The van der Waals surface area contributed by atoms with E-state index in [-0.39, 0.29) is 0 Å². The van der Waals surface area contributed by atoms with E-state index in [4.69, 9.17) is 10.5 Å². The maximum atomic E-state index is 5.73. The van der Waals surface area contributed by atoms with Crippen molar-refractivity contribution in [2.75, 3.05) is 12.3 Å². The minimum atomic E-state index is 0.469. The van der Waals surface area contributed by atoms with Crippen molar-refractivity contribution in [3.8, 4) is 5.88 Å². The molecule has 84 valence electrons. The molecule has 2 rings (SSSR count). The van der Waals surface area contributed by atoms with E-state index in [0.717, 1.165) is 9.37 Å². The number of aromatic nitrogens is 3. The molecule has 0 aliphatic carbocycles. The van der Waals surface area contributed by atoms with Gasteiger partial charge in [-0.1, -0.05) is 11.3 Å². The van der Waals surface area contributed by atoms with Gasteiger partial charge in [-0.25, -0.2) is 4.98 Å². The fourth-order valence-corrected chi connectivity index (χ4v) is 2.43. The van der Waals surface area contributed by atoms with Crippen LogP contribution in [0, 0.1) is 0 Å². The third-order valence-electron chi connectivity index (χ3n) is 1.68. The Kier molecular flexibility index (Phi) is 3.58. The van der Waals surface area contributed by atoms with Gasteiger partial charge in [-0.3, -0.25) is 0 Å². The number of pyridine rings is 1. The zero-order valence-electron chi connectivity index (χ0n) is 8.58. The molecule has 0 bridgehead atoms. The fourth-order valence-electron chi connectivity index (χ4n) is 1.04. The summed E-state index contributed by atoms with van der Waals surface area (Å²) in [5.41, 5.74) is 7.96. The SMILES string of the molecule is CCOc1nc(Sc2nncs2)ccc1N. The average molecular weight is 254 g/mol. The van der Waals surface area contributed by atoms with Gasteiger partial charge in [-0.15, -0.1) is 10.2 Å². The first-order valence-corrected chi connectivity index (χ1v) is 6.32. The smallest absolute Gasteiger partial charge is 0.238 e. The first-order valence-electron chi connectivity index (χ1n) is 4.63. The molecule has 0 aliphatic heterocycles. The predicted molar refractivity (Wildman–Crippen MR) is 63.9 cm³/mol. The molecule has 2 N–H and O–H groups in total. The molecule has 0 atom stereocenters. The summed E-state index contributed by atoms with van der Waals surface area (Å²) in [6.07, 6.45) is 0. The lowest BCUT2D eigenvalue weighted by atomic mass is 10.4. The van der Waals surface area contributed by atoms with E-state index < -0.39 is 0 Å². The first kappa shape index (κ1) is 11.2. The first-order chi connectivity index (χ1) is 7.79. The van der Waals surface area contributed by atoms with Gasteiger partial charge in [0.2, 0.25) is 5.88 Å². The van der Waals surface area contributed by atoms with Crippen LogP contribution in [-0.2, 0) is 0 Å². The molecule has 0 saturated heterocycles. The summed E-state index contributed by atoms with van der Waals surface area (Å²) in [7, 11) is 0. The molecule has 16 heavy (non-hydrogen) atoms. The number of hydrogen-bond donors (Lipinski definition) is 1. The van der Waals surface area contributed by atoms with Crippen molar-refractivity contribution >= 4 is 28.8 Å². The summed E-state index contributed by atoms with van der Waals surface area (Å²) in [6.45, 7) is 2.44. The maximum Gasteiger partial charge on any atom is 0.238 e. The van der Waals surface area contributed by atoms with Crippen molar-refractivity contribution in [3.63, 3.8) is 0 Å².